The molecule has 0 aliphatic carbocycles. The molecule has 0 saturated carbocycles. The Morgan fingerprint density at radius 2 is 1.95 bits per heavy atom. The van der Waals surface area contributed by atoms with Crippen molar-refractivity contribution >= 4 is 29.9 Å². The summed E-state index contributed by atoms with van der Waals surface area (Å²) in [4.78, 5) is 10.6. The van der Waals surface area contributed by atoms with Crippen molar-refractivity contribution in [2.24, 2.45) is 4.99 Å². The van der Waals surface area contributed by atoms with E-state index in [1.54, 1.807) is 6.20 Å². The maximum absolute atomic E-state index is 4.42. The van der Waals surface area contributed by atoms with Gasteiger partial charge in [0.05, 0.1) is 12.9 Å². The fourth-order valence-electron chi connectivity index (χ4n) is 2.26. The Morgan fingerprint density at radius 3 is 2.57 bits per heavy atom. The summed E-state index contributed by atoms with van der Waals surface area (Å²) in [6, 6.07) is 8.65. The first-order valence-corrected chi connectivity index (χ1v) is 6.84. The van der Waals surface area contributed by atoms with Gasteiger partial charge in [-0.15, -0.1) is 24.0 Å². The Balaban J connectivity index is 0.00000161. The maximum atomic E-state index is 4.42. The number of benzene rings is 1. The molecule has 0 fully saturated rings. The van der Waals surface area contributed by atoms with Gasteiger partial charge in [-0.1, -0.05) is 24.3 Å². The lowest BCUT2D eigenvalue weighted by atomic mass is 10.1. The van der Waals surface area contributed by atoms with Gasteiger partial charge in [0, 0.05) is 39.1 Å². The molecule has 1 aromatic carbocycles. The minimum atomic E-state index is 0. The van der Waals surface area contributed by atoms with Crippen molar-refractivity contribution in [3.05, 3.63) is 54.1 Å². The molecule has 1 aliphatic heterocycles. The summed E-state index contributed by atoms with van der Waals surface area (Å²) in [6.45, 7) is 3.58. The minimum absolute atomic E-state index is 0. The molecule has 3 rings (SSSR count). The molecule has 1 aromatic heterocycles. The maximum Gasteiger partial charge on any atom is 0.194 e. The molecule has 2 aromatic rings. The summed E-state index contributed by atoms with van der Waals surface area (Å²) in [7, 11) is 2.06. The highest BCUT2D eigenvalue weighted by Crippen LogP contribution is 2.07. The smallest absolute Gasteiger partial charge is 0.194 e. The zero-order chi connectivity index (χ0) is 13.8. The second-order valence-electron chi connectivity index (χ2n) is 5.03. The number of hydrogen-bond donors (Lipinski definition) is 1. The number of aromatic nitrogens is 2. The lowest BCUT2D eigenvalue weighted by molar-refractivity contribution is 0.534. The predicted molar refractivity (Wildman–Crippen MR) is 95.0 cm³/mol. The summed E-state index contributed by atoms with van der Waals surface area (Å²) in [6.07, 6.45) is 5.62. The van der Waals surface area contributed by atoms with Crippen molar-refractivity contribution in [1.29, 1.82) is 0 Å². The number of halogens is 1. The molecule has 0 atom stereocenters. The van der Waals surface area contributed by atoms with Crippen molar-refractivity contribution in [2.45, 2.75) is 13.1 Å². The summed E-state index contributed by atoms with van der Waals surface area (Å²) < 4.78 is 2.06. The summed E-state index contributed by atoms with van der Waals surface area (Å²) in [5.74, 6) is 0.993. The quantitative estimate of drug-likeness (QED) is 0.803. The van der Waals surface area contributed by atoms with E-state index in [4.69, 9.17) is 0 Å². The molecule has 0 bridgehead atoms. The Bertz CT molecular complexity index is 577. The standard InChI is InChI=1S/C15H19N5.HI/c1-19-8-7-17-15(19)18-10-13-2-4-14(5-3-13)11-20-9-6-16-12-20;/h2-6,9,12H,7-8,10-11H2,1H3,(H,17,18);1H. The highest BCUT2D eigenvalue weighted by Gasteiger charge is 2.10. The number of rotatable bonds is 4. The van der Waals surface area contributed by atoms with E-state index in [0.29, 0.717) is 0 Å². The summed E-state index contributed by atoms with van der Waals surface area (Å²) in [5.41, 5.74) is 2.55. The van der Waals surface area contributed by atoms with Gasteiger partial charge in [0.1, 0.15) is 0 Å². The second-order valence-corrected chi connectivity index (χ2v) is 5.03. The van der Waals surface area contributed by atoms with Gasteiger partial charge in [0.25, 0.3) is 0 Å². The molecule has 0 unspecified atom stereocenters. The average molecular weight is 397 g/mol. The predicted octanol–water partition coefficient (Wildman–Crippen LogP) is 1.94. The fourth-order valence-corrected chi connectivity index (χ4v) is 2.26. The van der Waals surface area contributed by atoms with Crippen LogP contribution in [0, 0.1) is 0 Å². The number of guanidine groups is 1. The zero-order valence-corrected chi connectivity index (χ0v) is 14.4. The van der Waals surface area contributed by atoms with Gasteiger partial charge in [-0.05, 0) is 11.1 Å². The number of likely N-dealkylation sites (N-methyl/N-ethyl adjacent to an activating group) is 1. The fraction of sp³-hybridized carbons (Fsp3) is 0.333. The van der Waals surface area contributed by atoms with Crippen LogP contribution in [0.2, 0.25) is 0 Å². The van der Waals surface area contributed by atoms with Gasteiger partial charge in [-0.25, -0.2) is 4.98 Å². The molecular weight excluding hydrogens is 377 g/mol. The monoisotopic (exact) mass is 397 g/mol. The molecule has 0 amide bonds. The molecule has 1 aliphatic rings. The highest BCUT2D eigenvalue weighted by molar-refractivity contribution is 14.0. The largest absolute Gasteiger partial charge is 0.352 e. The lowest BCUT2D eigenvalue weighted by Gasteiger charge is -2.15. The molecule has 6 heteroatoms. The highest BCUT2D eigenvalue weighted by atomic mass is 127. The van der Waals surface area contributed by atoms with Crippen LogP contribution in [0.1, 0.15) is 11.1 Å². The normalized spacial score (nSPS) is 13.8. The Morgan fingerprint density at radius 1 is 1.19 bits per heavy atom. The van der Waals surface area contributed by atoms with Crippen LogP contribution in [0.25, 0.3) is 0 Å². The first-order valence-electron chi connectivity index (χ1n) is 6.84. The molecule has 0 saturated heterocycles. The van der Waals surface area contributed by atoms with Crippen LogP contribution in [-0.4, -0.2) is 40.5 Å². The van der Waals surface area contributed by atoms with E-state index >= 15 is 0 Å². The number of hydrogen-bond acceptors (Lipinski definition) is 4. The van der Waals surface area contributed by atoms with Crippen LogP contribution in [0.3, 0.4) is 0 Å². The Labute approximate surface area is 142 Å². The van der Waals surface area contributed by atoms with Crippen molar-refractivity contribution in [2.75, 3.05) is 20.1 Å². The van der Waals surface area contributed by atoms with Crippen molar-refractivity contribution in [1.82, 2.24) is 19.8 Å². The van der Waals surface area contributed by atoms with Gasteiger partial charge >= 0.3 is 0 Å². The van der Waals surface area contributed by atoms with Crippen molar-refractivity contribution in [3.63, 3.8) is 0 Å². The minimum Gasteiger partial charge on any atom is -0.352 e. The van der Waals surface area contributed by atoms with Crippen LogP contribution < -0.4 is 5.32 Å². The van der Waals surface area contributed by atoms with E-state index in [-0.39, 0.29) is 24.0 Å². The van der Waals surface area contributed by atoms with Gasteiger partial charge in [0.2, 0.25) is 0 Å². The molecule has 1 N–H and O–H groups in total. The molecule has 5 nitrogen and oxygen atoms in total. The lowest BCUT2D eigenvalue weighted by Crippen LogP contribution is -2.35. The molecule has 2 heterocycles. The topological polar surface area (TPSA) is 45.5 Å². The first kappa shape index (κ1) is 15.8. The van der Waals surface area contributed by atoms with Crippen molar-refractivity contribution < 1.29 is 0 Å². The SMILES string of the molecule is CN1CCN=C1NCc1ccc(Cn2ccnc2)cc1.I. The summed E-state index contributed by atoms with van der Waals surface area (Å²) in [5, 5.41) is 3.37. The third kappa shape index (κ3) is 4.20. The van der Waals surface area contributed by atoms with Crippen LogP contribution in [-0.2, 0) is 13.1 Å². The number of nitrogens with one attached hydrogen (secondary N) is 1. The summed E-state index contributed by atoms with van der Waals surface area (Å²) >= 11 is 0. The van der Waals surface area contributed by atoms with Crippen molar-refractivity contribution in [3.8, 4) is 0 Å². The first-order chi connectivity index (χ1) is 9.81. The van der Waals surface area contributed by atoms with Crippen LogP contribution >= 0.6 is 24.0 Å². The van der Waals surface area contributed by atoms with E-state index in [0.717, 1.165) is 32.1 Å². The second kappa shape index (κ2) is 7.44. The Hall–Kier alpha value is -1.57. The molecule has 21 heavy (non-hydrogen) atoms. The zero-order valence-electron chi connectivity index (χ0n) is 12.1. The average Bonchev–Trinajstić information content (AvgIpc) is 3.10. The van der Waals surface area contributed by atoms with E-state index in [2.05, 4.69) is 56.1 Å². The van der Waals surface area contributed by atoms with Gasteiger partial charge in [-0.3, -0.25) is 4.99 Å². The van der Waals surface area contributed by atoms with Gasteiger partial charge in [-0.2, -0.15) is 0 Å². The van der Waals surface area contributed by atoms with E-state index in [1.807, 2.05) is 12.5 Å². The van der Waals surface area contributed by atoms with Crippen LogP contribution in [0.15, 0.2) is 48.0 Å². The van der Waals surface area contributed by atoms with Gasteiger partial charge < -0.3 is 14.8 Å². The molecule has 0 spiro atoms. The third-order valence-corrected chi connectivity index (χ3v) is 3.46. The van der Waals surface area contributed by atoms with Gasteiger partial charge in [0.15, 0.2) is 5.96 Å². The number of imidazole rings is 1. The number of aliphatic imine (C=N–C) groups is 1. The third-order valence-electron chi connectivity index (χ3n) is 3.46. The van der Waals surface area contributed by atoms with Crippen LogP contribution in [0.5, 0.6) is 0 Å². The number of nitrogens with zero attached hydrogens (tertiary/aromatic N) is 4. The van der Waals surface area contributed by atoms with E-state index in [1.165, 1.54) is 11.1 Å². The van der Waals surface area contributed by atoms with E-state index < -0.39 is 0 Å². The molecule has 112 valence electrons. The van der Waals surface area contributed by atoms with Crippen LogP contribution in [0.4, 0.5) is 0 Å². The molecular formula is C15H20IN5. The Kier molecular flexibility index (Phi) is 5.60. The molecule has 0 radical (unpaired) electrons. The van der Waals surface area contributed by atoms with E-state index in [9.17, 15) is 0 Å².